The van der Waals surface area contributed by atoms with Gasteiger partial charge in [0.15, 0.2) is 0 Å². The molecular weight excluding hydrogens is 184 g/mol. The van der Waals surface area contributed by atoms with E-state index in [0.29, 0.717) is 5.92 Å². The van der Waals surface area contributed by atoms with Crippen LogP contribution in [0.25, 0.3) is 0 Å². The highest BCUT2D eigenvalue weighted by molar-refractivity contribution is 6.18. The summed E-state index contributed by atoms with van der Waals surface area (Å²) in [4.78, 5) is 6.37. The predicted molar refractivity (Wildman–Crippen MR) is 55.3 cm³/mol. The number of anilines is 1. The van der Waals surface area contributed by atoms with Crippen molar-refractivity contribution in [1.29, 1.82) is 0 Å². The van der Waals surface area contributed by atoms with E-state index >= 15 is 0 Å². The van der Waals surface area contributed by atoms with Gasteiger partial charge < -0.3 is 4.90 Å². The molecule has 1 fully saturated rings. The number of hydrogen-bond donors (Lipinski definition) is 0. The van der Waals surface area contributed by atoms with E-state index in [-0.39, 0.29) is 0 Å². The third-order valence-corrected chi connectivity index (χ3v) is 2.97. The van der Waals surface area contributed by atoms with E-state index in [4.69, 9.17) is 11.6 Å². The second-order valence-corrected chi connectivity index (χ2v) is 3.77. The number of aromatic nitrogens is 1. The summed E-state index contributed by atoms with van der Waals surface area (Å²) in [5.74, 6) is 1.44. The Kier molecular flexibility index (Phi) is 2.69. The molecule has 1 unspecified atom stereocenters. The van der Waals surface area contributed by atoms with Crippen LogP contribution in [0.4, 0.5) is 5.69 Å². The topological polar surface area (TPSA) is 16.1 Å². The van der Waals surface area contributed by atoms with Gasteiger partial charge in [-0.15, -0.1) is 11.6 Å². The molecule has 2 rings (SSSR count). The van der Waals surface area contributed by atoms with Gasteiger partial charge in [0.1, 0.15) is 0 Å². The maximum absolute atomic E-state index is 5.82. The van der Waals surface area contributed by atoms with E-state index in [0.717, 1.165) is 19.0 Å². The second kappa shape index (κ2) is 3.97. The monoisotopic (exact) mass is 196 g/mol. The van der Waals surface area contributed by atoms with E-state index in [1.165, 1.54) is 12.1 Å². The van der Waals surface area contributed by atoms with Crippen molar-refractivity contribution in [1.82, 2.24) is 4.98 Å². The van der Waals surface area contributed by atoms with Crippen LogP contribution in [-0.4, -0.2) is 24.0 Å². The van der Waals surface area contributed by atoms with Crippen molar-refractivity contribution in [2.24, 2.45) is 5.92 Å². The van der Waals surface area contributed by atoms with Gasteiger partial charge in [0.2, 0.25) is 0 Å². The first-order valence-electron chi connectivity index (χ1n) is 4.61. The summed E-state index contributed by atoms with van der Waals surface area (Å²) in [6, 6.07) is 4.10. The van der Waals surface area contributed by atoms with E-state index in [1.807, 2.05) is 12.4 Å². The van der Waals surface area contributed by atoms with Crippen molar-refractivity contribution in [3.8, 4) is 0 Å². The van der Waals surface area contributed by atoms with Crippen LogP contribution in [0.1, 0.15) is 6.42 Å². The van der Waals surface area contributed by atoms with Crippen LogP contribution in [0.3, 0.4) is 0 Å². The highest BCUT2D eigenvalue weighted by Gasteiger charge is 2.21. The predicted octanol–water partition coefficient (Wildman–Crippen LogP) is 2.15. The van der Waals surface area contributed by atoms with Crippen LogP contribution >= 0.6 is 11.6 Å². The largest absolute Gasteiger partial charge is 0.371 e. The van der Waals surface area contributed by atoms with E-state index in [2.05, 4.69) is 22.0 Å². The molecule has 0 spiro atoms. The Morgan fingerprint density at radius 1 is 1.46 bits per heavy atom. The second-order valence-electron chi connectivity index (χ2n) is 3.46. The maximum atomic E-state index is 5.82. The van der Waals surface area contributed by atoms with Gasteiger partial charge in [-0.05, 0) is 24.5 Å². The normalized spacial score (nSPS) is 22.2. The summed E-state index contributed by atoms with van der Waals surface area (Å²) in [6.45, 7) is 2.22. The first-order valence-corrected chi connectivity index (χ1v) is 5.14. The van der Waals surface area contributed by atoms with Crippen molar-refractivity contribution >= 4 is 17.3 Å². The van der Waals surface area contributed by atoms with Gasteiger partial charge in [-0.2, -0.15) is 0 Å². The molecule has 2 nitrogen and oxygen atoms in total. The lowest BCUT2D eigenvalue weighted by atomic mass is 10.2. The molecule has 0 N–H and O–H groups in total. The number of nitrogens with zero attached hydrogens (tertiary/aromatic N) is 2. The minimum atomic E-state index is 0.662. The maximum Gasteiger partial charge on any atom is 0.0397 e. The lowest BCUT2D eigenvalue weighted by Gasteiger charge is -2.17. The Labute approximate surface area is 83.5 Å². The summed E-state index contributed by atoms with van der Waals surface area (Å²) in [5, 5.41) is 0. The third-order valence-electron chi connectivity index (χ3n) is 2.53. The average Bonchev–Trinajstić information content (AvgIpc) is 2.67. The molecule has 1 aromatic rings. The molecule has 3 heteroatoms. The Hall–Kier alpha value is -0.760. The van der Waals surface area contributed by atoms with Gasteiger partial charge in [-0.3, -0.25) is 4.98 Å². The molecule has 0 saturated carbocycles. The van der Waals surface area contributed by atoms with Crippen molar-refractivity contribution in [2.45, 2.75) is 6.42 Å². The first kappa shape index (κ1) is 8.82. The van der Waals surface area contributed by atoms with Gasteiger partial charge in [-0.1, -0.05) is 0 Å². The zero-order valence-corrected chi connectivity index (χ0v) is 8.24. The molecule has 1 saturated heterocycles. The Balaban J connectivity index is 2.04. The lowest BCUT2D eigenvalue weighted by Crippen LogP contribution is -2.19. The van der Waals surface area contributed by atoms with Crippen LogP contribution in [0, 0.1) is 5.92 Å². The first-order chi connectivity index (χ1) is 6.40. The quantitative estimate of drug-likeness (QED) is 0.674. The molecule has 0 aromatic carbocycles. The van der Waals surface area contributed by atoms with Gasteiger partial charge in [0.25, 0.3) is 0 Å². The van der Waals surface area contributed by atoms with Gasteiger partial charge >= 0.3 is 0 Å². The molecule has 2 heterocycles. The molecule has 13 heavy (non-hydrogen) atoms. The van der Waals surface area contributed by atoms with Crippen LogP contribution in [0.2, 0.25) is 0 Å². The van der Waals surface area contributed by atoms with Crippen LogP contribution in [0.5, 0.6) is 0 Å². The number of alkyl halides is 1. The minimum absolute atomic E-state index is 0.662. The SMILES string of the molecule is ClCC1CCN(c2ccncc2)C1. The van der Waals surface area contributed by atoms with Gasteiger partial charge in [0, 0.05) is 37.1 Å². The van der Waals surface area contributed by atoms with Crippen LogP contribution < -0.4 is 4.90 Å². The zero-order valence-electron chi connectivity index (χ0n) is 7.49. The fourth-order valence-corrected chi connectivity index (χ4v) is 2.00. The lowest BCUT2D eigenvalue weighted by molar-refractivity contribution is 0.667. The standard InChI is InChI=1S/C10H13ClN2/c11-7-9-3-6-13(8-9)10-1-4-12-5-2-10/h1-2,4-5,9H,3,6-8H2. The van der Waals surface area contributed by atoms with Gasteiger partial charge in [0.05, 0.1) is 0 Å². The molecule has 1 atom stereocenters. The molecule has 1 aliphatic heterocycles. The minimum Gasteiger partial charge on any atom is -0.371 e. The third kappa shape index (κ3) is 1.94. The smallest absolute Gasteiger partial charge is 0.0397 e. The number of halogens is 1. The van der Waals surface area contributed by atoms with E-state index in [9.17, 15) is 0 Å². The highest BCUT2D eigenvalue weighted by atomic mass is 35.5. The van der Waals surface area contributed by atoms with Gasteiger partial charge in [-0.25, -0.2) is 0 Å². The molecule has 0 amide bonds. The Morgan fingerprint density at radius 2 is 2.23 bits per heavy atom. The van der Waals surface area contributed by atoms with Crippen molar-refractivity contribution in [3.05, 3.63) is 24.5 Å². The highest BCUT2D eigenvalue weighted by Crippen LogP contribution is 2.23. The van der Waals surface area contributed by atoms with Crippen molar-refractivity contribution in [3.63, 3.8) is 0 Å². The summed E-state index contributed by atoms with van der Waals surface area (Å²) >= 11 is 5.82. The van der Waals surface area contributed by atoms with Crippen molar-refractivity contribution < 1.29 is 0 Å². The van der Waals surface area contributed by atoms with Crippen LogP contribution in [0.15, 0.2) is 24.5 Å². The molecule has 70 valence electrons. The summed E-state index contributed by atoms with van der Waals surface area (Å²) in [5.41, 5.74) is 1.27. The summed E-state index contributed by atoms with van der Waals surface area (Å²) in [7, 11) is 0. The molecule has 0 radical (unpaired) electrons. The molecule has 0 bridgehead atoms. The van der Waals surface area contributed by atoms with E-state index < -0.39 is 0 Å². The average molecular weight is 197 g/mol. The Bertz CT molecular complexity index is 263. The fourth-order valence-electron chi connectivity index (χ4n) is 1.75. The number of hydrogen-bond acceptors (Lipinski definition) is 2. The molecule has 0 aliphatic carbocycles. The summed E-state index contributed by atoms with van der Waals surface area (Å²) < 4.78 is 0. The number of pyridine rings is 1. The summed E-state index contributed by atoms with van der Waals surface area (Å²) in [6.07, 6.45) is 4.89. The van der Waals surface area contributed by atoms with E-state index in [1.54, 1.807) is 0 Å². The zero-order chi connectivity index (χ0) is 9.10. The molecule has 1 aliphatic rings. The van der Waals surface area contributed by atoms with Crippen molar-refractivity contribution in [2.75, 3.05) is 23.9 Å². The Morgan fingerprint density at radius 3 is 2.85 bits per heavy atom. The number of rotatable bonds is 2. The fraction of sp³-hybridized carbons (Fsp3) is 0.500. The molecule has 1 aromatic heterocycles. The van der Waals surface area contributed by atoms with Crippen LogP contribution in [-0.2, 0) is 0 Å². The molecular formula is C10H13ClN2.